The second-order valence-electron chi connectivity index (χ2n) is 9.17. The number of fused-ring (bicyclic) bond motifs is 1. The number of ether oxygens (including phenoxy) is 3. The van der Waals surface area contributed by atoms with Crippen molar-refractivity contribution < 1.29 is 28.9 Å². The standard InChI is InChI=1S/C32H28N2O7S/c1-3-39-23-15-13-22(14-16-23)29-27(31(38)40-4-2)28(21-10-6-5-7-11-21)33-32-34(29)30(37)25(42-32)18-20-9-8-12-24(17-20)41-19-26(35)36/h5-18,29H,3-4,19H2,1-2H3,(H,35,36)/p-1/b25-18-/t29-/m1/s1. The molecule has 9 nitrogen and oxygen atoms in total. The van der Waals surface area contributed by atoms with Gasteiger partial charge < -0.3 is 24.1 Å². The van der Waals surface area contributed by atoms with Crippen LogP contribution in [0.3, 0.4) is 0 Å². The molecule has 2 heterocycles. The largest absolute Gasteiger partial charge is 0.546 e. The number of hydrogen-bond donors (Lipinski definition) is 0. The lowest BCUT2D eigenvalue weighted by atomic mass is 9.93. The summed E-state index contributed by atoms with van der Waals surface area (Å²) in [4.78, 5) is 43.6. The summed E-state index contributed by atoms with van der Waals surface area (Å²) in [5.41, 5.74) is 2.37. The van der Waals surface area contributed by atoms with E-state index in [1.54, 1.807) is 49.4 Å². The number of aliphatic carboxylic acids is 1. The molecule has 0 N–H and O–H groups in total. The summed E-state index contributed by atoms with van der Waals surface area (Å²) in [5, 5.41) is 10.8. The topological polar surface area (TPSA) is 119 Å². The van der Waals surface area contributed by atoms with Crippen LogP contribution in [0.2, 0.25) is 0 Å². The van der Waals surface area contributed by atoms with Crippen LogP contribution in [0.25, 0.3) is 11.8 Å². The number of aromatic nitrogens is 1. The second kappa shape index (κ2) is 12.7. The maximum Gasteiger partial charge on any atom is 0.338 e. The van der Waals surface area contributed by atoms with Crippen molar-refractivity contribution in [2.75, 3.05) is 19.8 Å². The van der Waals surface area contributed by atoms with Crippen LogP contribution < -0.4 is 29.5 Å². The summed E-state index contributed by atoms with van der Waals surface area (Å²) in [6.45, 7) is 3.69. The number of carboxylic acids is 1. The first kappa shape index (κ1) is 28.6. The highest BCUT2D eigenvalue weighted by Gasteiger charge is 2.35. The zero-order valence-corrected chi connectivity index (χ0v) is 23.8. The van der Waals surface area contributed by atoms with Crippen molar-refractivity contribution in [3.8, 4) is 11.5 Å². The van der Waals surface area contributed by atoms with Gasteiger partial charge in [-0.15, -0.1) is 0 Å². The van der Waals surface area contributed by atoms with Crippen LogP contribution in [0.4, 0.5) is 0 Å². The molecule has 4 aromatic rings. The van der Waals surface area contributed by atoms with Crippen molar-refractivity contribution in [3.05, 3.63) is 121 Å². The van der Waals surface area contributed by atoms with E-state index in [0.29, 0.717) is 49.8 Å². The molecule has 5 rings (SSSR count). The number of esters is 1. The van der Waals surface area contributed by atoms with Gasteiger partial charge in [-0.05, 0) is 55.3 Å². The van der Waals surface area contributed by atoms with E-state index in [1.807, 2.05) is 49.4 Å². The lowest BCUT2D eigenvalue weighted by molar-refractivity contribution is -0.307. The zero-order valence-electron chi connectivity index (χ0n) is 22.9. The fourth-order valence-electron chi connectivity index (χ4n) is 4.66. The van der Waals surface area contributed by atoms with Gasteiger partial charge in [0.25, 0.3) is 5.56 Å². The van der Waals surface area contributed by atoms with Crippen molar-refractivity contribution in [1.82, 2.24) is 4.57 Å². The van der Waals surface area contributed by atoms with Gasteiger partial charge in [-0.2, -0.15) is 0 Å². The van der Waals surface area contributed by atoms with E-state index >= 15 is 0 Å². The molecule has 1 aliphatic heterocycles. The number of benzene rings is 3. The Labute approximate surface area is 245 Å². The molecule has 0 saturated carbocycles. The minimum atomic E-state index is -1.34. The normalized spacial score (nSPS) is 14.6. The van der Waals surface area contributed by atoms with E-state index in [0.717, 1.165) is 0 Å². The van der Waals surface area contributed by atoms with Crippen molar-refractivity contribution >= 4 is 35.0 Å². The van der Waals surface area contributed by atoms with E-state index in [1.165, 1.54) is 15.9 Å². The Morgan fingerprint density at radius 3 is 2.40 bits per heavy atom. The highest BCUT2D eigenvalue weighted by Crippen LogP contribution is 2.35. The summed E-state index contributed by atoms with van der Waals surface area (Å²) >= 11 is 1.19. The Morgan fingerprint density at radius 1 is 0.952 bits per heavy atom. The fourth-order valence-corrected chi connectivity index (χ4v) is 5.66. The molecule has 0 unspecified atom stereocenters. The highest BCUT2D eigenvalue weighted by atomic mass is 32.1. The molecular weight excluding hydrogens is 556 g/mol. The molecule has 42 heavy (non-hydrogen) atoms. The number of thiazole rings is 1. The van der Waals surface area contributed by atoms with Crippen LogP contribution in [0, 0.1) is 0 Å². The monoisotopic (exact) mass is 583 g/mol. The van der Waals surface area contributed by atoms with Gasteiger partial charge in [-0.3, -0.25) is 9.36 Å². The van der Waals surface area contributed by atoms with Gasteiger partial charge in [0.1, 0.15) is 18.1 Å². The van der Waals surface area contributed by atoms with Crippen LogP contribution in [-0.4, -0.2) is 36.3 Å². The van der Waals surface area contributed by atoms with Gasteiger partial charge in [0.15, 0.2) is 4.80 Å². The minimum absolute atomic E-state index is 0.154. The molecule has 0 amide bonds. The lowest BCUT2D eigenvalue weighted by Gasteiger charge is -2.26. The van der Waals surface area contributed by atoms with E-state index in [-0.39, 0.29) is 17.7 Å². The van der Waals surface area contributed by atoms with Crippen molar-refractivity contribution in [2.24, 2.45) is 4.99 Å². The summed E-state index contributed by atoms with van der Waals surface area (Å²) < 4.78 is 18.2. The van der Waals surface area contributed by atoms with Crippen LogP contribution in [0.1, 0.15) is 36.6 Å². The Bertz CT molecular complexity index is 1820. The van der Waals surface area contributed by atoms with E-state index < -0.39 is 24.6 Å². The van der Waals surface area contributed by atoms with E-state index in [2.05, 4.69) is 0 Å². The third-order valence-corrected chi connectivity index (χ3v) is 7.38. The smallest absolute Gasteiger partial charge is 0.338 e. The molecule has 0 radical (unpaired) electrons. The predicted octanol–water partition coefficient (Wildman–Crippen LogP) is 2.46. The molecule has 0 bridgehead atoms. The summed E-state index contributed by atoms with van der Waals surface area (Å²) in [7, 11) is 0. The number of hydrogen-bond acceptors (Lipinski definition) is 9. The van der Waals surface area contributed by atoms with Crippen LogP contribution in [0.15, 0.2) is 94.2 Å². The van der Waals surface area contributed by atoms with E-state index in [9.17, 15) is 19.5 Å². The molecule has 0 aliphatic carbocycles. The Kier molecular flexibility index (Phi) is 8.63. The molecule has 1 atom stereocenters. The maximum atomic E-state index is 14.0. The van der Waals surface area contributed by atoms with Gasteiger partial charge in [0.2, 0.25) is 0 Å². The summed E-state index contributed by atoms with van der Waals surface area (Å²) in [6, 6.07) is 22.5. The Balaban J connectivity index is 1.73. The quantitative estimate of drug-likeness (QED) is 0.263. The average molecular weight is 584 g/mol. The first-order chi connectivity index (χ1) is 20.4. The summed E-state index contributed by atoms with van der Waals surface area (Å²) in [5.74, 6) is -0.913. The first-order valence-electron chi connectivity index (χ1n) is 13.3. The van der Waals surface area contributed by atoms with Crippen molar-refractivity contribution in [1.29, 1.82) is 0 Å². The summed E-state index contributed by atoms with van der Waals surface area (Å²) in [6.07, 6.45) is 1.68. The van der Waals surface area contributed by atoms with Gasteiger partial charge in [-0.25, -0.2) is 9.79 Å². The third-order valence-electron chi connectivity index (χ3n) is 6.39. The number of carbonyl (C=O) groups excluding carboxylic acids is 2. The van der Waals surface area contributed by atoms with Gasteiger partial charge in [0.05, 0.1) is 41.0 Å². The number of rotatable bonds is 10. The van der Waals surface area contributed by atoms with Crippen molar-refractivity contribution in [3.63, 3.8) is 0 Å². The number of carbonyl (C=O) groups is 2. The third kappa shape index (κ3) is 6.03. The Morgan fingerprint density at radius 2 is 1.71 bits per heavy atom. The lowest BCUT2D eigenvalue weighted by Crippen LogP contribution is -2.40. The molecule has 0 saturated heterocycles. The molecule has 1 aromatic heterocycles. The second-order valence-corrected chi connectivity index (χ2v) is 10.2. The molecule has 3 aromatic carbocycles. The van der Waals surface area contributed by atoms with E-state index in [4.69, 9.17) is 19.2 Å². The van der Waals surface area contributed by atoms with Crippen LogP contribution in [0.5, 0.6) is 11.5 Å². The molecule has 10 heteroatoms. The molecular formula is C32H27N2O7S-. The first-order valence-corrected chi connectivity index (χ1v) is 14.1. The minimum Gasteiger partial charge on any atom is -0.546 e. The zero-order chi connectivity index (χ0) is 29.6. The average Bonchev–Trinajstić information content (AvgIpc) is 3.30. The number of carboxylic acid groups (broad SMARTS) is 1. The molecule has 1 aliphatic rings. The Hall–Kier alpha value is -4.96. The van der Waals surface area contributed by atoms with Crippen LogP contribution in [-0.2, 0) is 14.3 Å². The number of nitrogens with zero attached hydrogens (tertiary/aromatic N) is 2. The molecule has 214 valence electrons. The van der Waals surface area contributed by atoms with Crippen LogP contribution >= 0.6 is 11.3 Å². The fraction of sp³-hybridized carbons (Fsp3) is 0.188. The SMILES string of the molecule is CCOC(=O)C1=C(c2ccccc2)N=c2s/c(=C\c3cccc(OCC(=O)[O-])c3)c(=O)n2[C@@H]1c1ccc(OCC)cc1. The molecule has 0 spiro atoms. The predicted molar refractivity (Wildman–Crippen MR) is 156 cm³/mol. The molecule has 0 fully saturated rings. The highest BCUT2D eigenvalue weighted by molar-refractivity contribution is 7.07. The van der Waals surface area contributed by atoms with Gasteiger partial charge in [-0.1, -0.05) is 65.9 Å². The maximum absolute atomic E-state index is 14.0. The van der Waals surface area contributed by atoms with Gasteiger partial charge >= 0.3 is 5.97 Å². The van der Waals surface area contributed by atoms with Crippen molar-refractivity contribution in [2.45, 2.75) is 19.9 Å². The van der Waals surface area contributed by atoms with Gasteiger partial charge in [0, 0.05) is 5.56 Å².